The molecule has 8 N–H and O–H groups in total. The number of aromatic hydroxyl groups is 1. The molecule has 160 valence electrons. The topological polar surface area (TPSA) is 191 Å². The number of phenolic OH excluding ortho intramolecular Hbond substituents is 1. The van der Waals surface area contributed by atoms with E-state index in [0.29, 0.717) is 5.56 Å². The maximum atomic E-state index is 12.1. The van der Waals surface area contributed by atoms with Crippen LogP contribution in [0.1, 0.15) is 19.4 Å². The first-order chi connectivity index (χ1) is 13.5. The predicted octanol–water partition coefficient (Wildman–Crippen LogP) is -2.17. The second-order valence-electron chi connectivity index (χ2n) is 6.56. The average molecular weight is 410 g/mol. The fourth-order valence-corrected chi connectivity index (χ4v) is 2.28. The molecule has 0 aromatic heterocycles. The predicted molar refractivity (Wildman–Crippen MR) is 102 cm³/mol. The number of aliphatic hydroxyl groups excluding tert-OH is 1. The number of rotatable bonds is 10. The van der Waals surface area contributed by atoms with Gasteiger partial charge in [0.2, 0.25) is 17.7 Å². The molecule has 11 heteroatoms. The molecular weight excluding hydrogens is 384 g/mol. The van der Waals surface area contributed by atoms with Crippen LogP contribution in [0.4, 0.5) is 0 Å². The summed E-state index contributed by atoms with van der Waals surface area (Å²) in [5, 5.41) is 35.0. The van der Waals surface area contributed by atoms with Crippen LogP contribution in [0.15, 0.2) is 24.3 Å². The molecular formula is C18H26N4O7. The molecule has 4 unspecified atom stereocenters. The maximum absolute atomic E-state index is 12.1. The Bertz CT molecular complexity index is 734. The number of aliphatic carboxylic acids is 1. The number of hydrogen-bond acceptors (Lipinski definition) is 7. The van der Waals surface area contributed by atoms with E-state index in [1.54, 1.807) is 0 Å². The number of carboxylic acids is 1. The average Bonchev–Trinajstić information content (AvgIpc) is 2.64. The molecule has 1 rings (SSSR count). The third-order valence-corrected chi connectivity index (χ3v) is 3.91. The van der Waals surface area contributed by atoms with Crippen molar-refractivity contribution >= 4 is 23.7 Å². The third-order valence-electron chi connectivity index (χ3n) is 3.91. The number of aliphatic hydroxyl groups is 1. The minimum Gasteiger partial charge on any atom is -0.508 e. The highest BCUT2D eigenvalue weighted by Crippen LogP contribution is 2.11. The number of nitrogens with one attached hydrogen (secondary N) is 3. The lowest BCUT2D eigenvalue weighted by molar-refractivity contribution is -0.141. The monoisotopic (exact) mass is 410 g/mol. The summed E-state index contributed by atoms with van der Waals surface area (Å²) < 4.78 is 0. The quantitative estimate of drug-likeness (QED) is 0.227. The van der Waals surface area contributed by atoms with Crippen molar-refractivity contribution in [3.63, 3.8) is 0 Å². The van der Waals surface area contributed by atoms with Gasteiger partial charge in [-0.05, 0) is 31.5 Å². The first-order valence-electron chi connectivity index (χ1n) is 8.83. The fraction of sp³-hybridized carbons (Fsp3) is 0.444. The molecule has 0 heterocycles. The number of phenols is 1. The summed E-state index contributed by atoms with van der Waals surface area (Å²) in [6.07, 6.45) is -1.28. The molecule has 29 heavy (non-hydrogen) atoms. The van der Waals surface area contributed by atoms with Crippen LogP contribution in [0.3, 0.4) is 0 Å². The van der Waals surface area contributed by atoms with Crippen molar-refractivity contribution in [1.29, 1.82) is 0 Å². The minimum atomic E-state index is -1.33. The van der Waals surface area contributed by atoms with E-state index in [9.17, 15) is 34.5 Å². The highest BCUT2D eigenvalue weighted by molar-refractivity contribution is 5.92. The van der Waals surface area contributed by atoms with Gasteiger partial charge >= 0.3 is 5.97 Å². The van der Waals surface area contributed by atoms with Gasteiger partial charge in [0, 0.05) is 6.42 Å². The Labute approximate surface area is 167 Å². The maximum Gasteiger partial charge on any atom is 0.326 e. The van der Waals surface area contributed by atoms with E-state index < -0.39 is 54.5 Å². The molecule has 0 spiro atoms. The van der Waals surface area contributed by atoms with Crippen molar-refractivity contribution in [3.8, 4) is 5.75 Å². The van der Waals surface area contributed by atoms with Crippen molar-refractivity contribution in [3.05, 3.63) is 29.8 Å². The number of amides is 3. The Hall–Kier alpha value is -3.18. The Balaban J connectivity index is 2.63. The summed E-state index contributed by atoms with van der Waals surface area (Å²) in [6, 6.07) is 2.35. The van der Waals surface area contributed by atoms with E-state index in [1.807, 2.05) is 0 Å². The number of benzene rings is 1. The van der Waals surface area contributed by atoms with Gasteiger partial charge in [-0.1, -0.05) is 12.1 Å². The molecule has 0 fully saturated rings. The smallest absolute Gasteiger partial charge is 0.326 e. The molecule has 0 saturated heterocycles. The molecule has 0 aliphatic carbocycles. The van der Waals surface area contributed by atoms with Crippen molar-refractivity contribution < 1.29 is 34.5 Å². The van der Waals surface area contributed by atoms with E-state index in [2.05, 4.69) is 16.0 Å². The van der Waals surface area contributed by atoms with E-state index in [4.69, 9.17) is 5.73 Å². The normalized spacial score (nSPS) is 14.8. The van der Waals surface area contributed by atoms with Crippen LogP contribution in [0.5, 0.6) is 5.75 Å². The largest absolute Gasteiger partial charge is 0.508 e. The summed E-state index contributed by atoms with van der Waals surface area (Å²) in [6.45, 7) is 2.12. The van der Waals surface area contributed by atoms with Gasteiger partial charge in [-0.3, -0.25) is 14.4 Å². The SMILES string of the molecule is CC(N)C(=O)NC(C(=O)NCC(=O)NC(Cc1ccc(O)cc1)C(=O)O)C(C)O. The van der Waals surface area contributed by atoms with Crippen molar-refractivity contribution in [1.82, 2.24) is 16.0 Å². The second kappa shape index (κ2) is 11.0. The van der Waals surface area contributed by atoms with Crippen LogP contribution in [0.25, 0.3) is 0 Å². The lowest BCUT2D eigenvalue weighted by Gasteiger charge is -2.22. The minimum absolute atomic E-state index is 0.0242. The Kier molecular flexibility index (Phi) is 9.03. The molecule has 0 radical (unpaired) electrons. The molecule has 0 saturated carbocycles. The van der Waals surface area contributed by atoms with Gasteiger partial charge in [0.1, 0.15) is 17.8 Å². The first-order valence-corrected chi connectivity index (χ1v) is 8.83. The number of nitrogens with two attached hydrogens (primary N) is 1. The first kappa shape index (κ1) is 23.9. The molecule has 0 aliphatic rings. The molecule has 0 aliphatic heterocycles. The van der Waals surface area contributed by atoms with Crippen LogP contribution in [-0.4, -0.2) is 69.8 Å². The molecule has 11 nitrogen and oxygen atoms in total. The summed E-state index contributed by atoms with van der Waals surface area (Å²) in [4.78, 5) is 47.2. The molecule has 4 atom stereocenters. The summed E-state index contributed by atoms with van der Waals surface area (Å²) in [5.41, 5.74) is 5.98. The van der Waals surface area contributed by atoms with E-state index in [0.717, 1.165) is 0 Å². The van der Waals surface area contributed by atoms with Crippen LogP contribution < -0.4 is 21.7 Å². The number of hydrogen-bond donors (Lipinski definition) is 7. The number of carbonyl (C=O) groups excluding carboxylic acids is 3. The Morgan fingerprint density at radius 2 is 1.62 bits per heavy atom. The summed E-state index contributed by atoms with van der Waals surface area (Å²) in [7, 11) is 0. The van der Waals surface area contributed by atoms with Crippen molar-refractivity contribution in [2.24, 2.45) is 5.73 Å². The van der Waals surface area contributed by atoms with Gasteiger partial charge < -0.3 is 37.0 Å². The van der Waals surface area contributed by atoms with Gasteiger partial charge in [-0.2, -0.15) is 0 Å². The number of carboxylic acid groups (broad SMARTS) is 1. The Morgan fingerprint density at radius 1 is 1.03 bits per heavy atom. The zero-order valence-electron chi connectivity index (χ0n) is 16.1. The van der Waals surface area contributed by atoms with Crippen molar-refractivity contribution in [2.45, 2.75) is 44.5 Å². The van der Waals surface area contributed by atoms with Gasteiger partial charge in [0.05, 0.1) is 18.7 Å². The molecule has 3 amide bonds. The lowest BCUT2D eigenvalue weighted by Crippen LogP contribution is -2.56. The van der Waals surface area contributed by atoms with Gasteiger partial charge in [-0.25, -0.2) is 4.79 Å². The van der Waals surface area contributed by atoms with Crippen LogP contribution in [0, 0.1) is 0 Å². The van der Waals surface area contributed by atoms with Gasteiger partial charge in [-0.15, -0.1) is 0 Å². The Morgan fingerprint density at radius 3 is 2.10 bits per heavy atom. The van der Waals surface area contributed by atoms with E-state index in [1.165, 1.54) is 38.1 Å². The highest BCUT2D eigenvalue weighted by atomic mass is 16.4. The van der Waals surface area contributed by atoms with Gasteiger partial charge in [0.15, 0.2) is 0 Å². The molecule has 1 aromatic rings. The summed E-state index contributed by atoms with van der Waals surface area (Å²) >= 11 is 0. The lowest BCUT2D eigenvalue weighted by atomic mass is 10.1. The third kappa shape index (κ3) is 8.15. The zero-order valence-corrected chi connectivity index (χ0v) is 16.1. The standard InChI is InChI=1S/C18H26N4O7/c1-9(19)16(26)22-15(10(2)23)17(27)20-8-14(25)21-13(18(28)29)7-11-3-5-12(24)6-4-11/h3-6,9-10,13,15,23-24H,7-8,19H2,1-2H3,(H,20,27)(H,21,25)(H,22,26)(H,28,29). The van der Waals surface area contributed by atoms with Crippen LogP contribution in [0.2, 0.25) is 0 Å². The van der Waals surface area contributed by atoms with Gasteiger partial charge in [0.25, 0.3) is 0 Å². The van der Waals surface area contributed by atoms with Crippen LogP contribution in [-0.2, 0) is 25.6 Å². The van der Waals surface area contributed by atoms with E-state index in [-0.39, 0.29) is 12.2 Å². The number of carbonyl (C=O) groups is 4. The summed E-state index contributed by atoms with van der Waals surface area (Å²) in [5.74, 6) is -3.50. The van der Waals surface area contributed by atoms with Crippen molar-refractivity contribution in [2.75, 3.05) is 6.54 Å². The van der Waals surface area contributed by atoms with E-state index >= 15 is 0 Å². The molecule has 1 aromatic carbocycles. The zero-order chi connectivity index (χ0) is 22.1. The van der Waals surface area contributed by atoms with Crippen LogP contribution >= 0.6 is 0 Å². The highest BCUT2D eigenvalue weighted by Gasteiger charge is 2.27. The second-order valence-corrected chi connectivity index (χ2v) is 6.56. The fourth-order valence-electron chi connectivity index (χ4n) is 2.28. The molecule has 0 bridgehead atoms.